The van der Waals surface area contributed by atoms with Gasteiger partial charge in [-0.3, -0.25) is 4.79 Å². The van der Waals surface area contributed by atoms with Crippen LogP contribution in [0.25, 0.3) is 0 Å². The molecule has 184 valence electrons. The first-order valence-electron chi connectivity index (χ1n) is 13.2. The topological polar surface area (TPSA) is 90.3 Å². The molecule has 33 heavy (non-hydrogen) atoms. The molecule has 3 N–H and O–H groups in total. The van der Waals surface area contributed by atoms with E-state index in [-0.39, 0.29) is 35.4 Å². The van der Waals surface area contributed by atoms with Crippen LogP contribution in [0, 0.1) is 40.4 Å². The number of carboxylic acids is 1. The van der Waals surface area contributed by atoms with Gasteiger partial charge in [0.1, 0.15) is 17.8 Å². The van der Waals surface area contributed by atoms with Gasteiger partial charge in [0.25, 0.3) is 0 Å². The van der Waals surface area contributed by atoms with Crippen molar-refractivity contribution in [2.24, 2.45) is 40.4 Å². The van der Waals surface area contributed by atoms with Crippen LogP contribution in [-0.2, 0) is 9.53 Å². The highest BCUT2D eigenvalue weighted by atomic mass is 16.6. The summed E-state index contributed by atoms with van der Waals surface area (Å²) in [6, 6.07) is 0. The molecule has 0 aromatic rings. The Morgan fingerprint density at radius 1 is 1.09 bits per heavy atom. The van der Waals surface area contributed by atoms with E-state index in [1.54, 1.807) is 0 Å². The zero-order valence-electron chi connectivity index (χ0n) is 20.9. The van der Waals surface area contributed by atoms with Crippen molar-refractivity contribution in [3.05, 3.63) is 23.3 Å². The number of fused-ring (bicyclic) bond motifs is 3. The molecule has 0 aromatic carbocycles. The number of aliphatic hydroxyl groups is 2. The molecule has 0 amide bonds. The van der Waals surface area contributed by atoms with Crippen molar-refractivity contribution >= 4 is 5.97 Å². The molecule has 5 nitrogen and oxygen atoms in total. The Bertz CT molecular complexity index is 891. The summed E-state index contributed by atoms with van der Waals surface area (Å²) in [5.41, 5.74) is 0.548. The molecular formula is C28H42O5. The molecule has 1 aliphatic heterocycles. The highest BCUT2D eigenvalue weighted by molar-refractivity contribution is 5.81. The summed E-state index contributed by atoms with van der Waals surface area (Å²) >= 11 is 0. The number of rotatable bonds is 5. The van der Waals surface area contributed by atoms with Crippen molar-refractivity contribution in [1.29, 1.82) is 0 Å². The summed E-state index contributed by atoms with van der Waals surface area (Å²) in [5.74, 6) is 0.679. The fourth-order valence-electron chi connectivity index (χ4n) is 8.46. The predicted octanol–water partition coefficient (Wildman–Crippen LogP) is 4.72. The lowest BCUT2D eigenvalue weighted by Gasteiger charge is -2.55. The molecule has 1 heterocycles. The molecular weight excluding hydrogens is 416 g/mol. The van der Waals surface area contributed by atoms with Gasteiger partial charge in [-0.2, -0.15) is 0 Å². The first-order chi connectivity index (χ1) is 15.5. The minimum Gasteiger partial charge on any atom is -0.481 e. The quantitative estimate of drug-likeness (QED) is 0.410. The largest absolute Gasteiger partial charge is 0.481 e. The normalized spacial score (nSPS) is 48.2. The van der Waals surface area contributed by atoms with Gasteiger partial charge < -0.3 is 20.1 Å². The molecule has 1 unspecified atom stereocenters. The Morgan fingerprint density at radius 2 is 1.82 bits per heavy atom. The molecule has 1 spiro atoms. The molecule has 5 aliphatic rings. The number of carboxylic acid groups (broad SMARTS) is 1. The third-order valence-electron chi connectivity index (χ3n) is 10.8. The summed E-state index contributed by atoms with van der Waals surface area (Å²) in [4.78, 5) is 13.0. The van der Waals surface area contributed by atoms with Gasteiger partial charge in [0.15, 0.2) is 0 Å². The van der Waals surface area contributed by atoms with Crippen LogP contribution < -0.4 is 0 Å². The fourth-order valence-corrected chi connectivity index (χ4v) is 8.46. The van der Waals surface area contributed by atoms with Gasteiger partial charge >= 0.3 is 5.97 Å². The lowest BCUT2D eigenvalue weighted by atomic mass is 9.47. The fraction of sp³-hybridized carbons (Fsp3) is 0.821. The van der Waals surface area contributed by atoms with Gasteiger partial charge in [0, 0.05) is 11.8 Å². The number of hydrogen-bond acceptors (Lipinski definition) is 4. The summed E-state index contributed by atoms with van der Waals surface area (Å²) in [6.45, 7) is 11.1. The highest BCUT2D eigenvalue weighted by Gasteiger charge is 2.77. The van der Waals surface area contributed by atoms with E-state index in [0.29, 0.717) is 24.7 Å². The van der Waals surface area contributed by atoms with Crippen LogP contribution in [0.1, 0.15) is 79.6 Å². The van der Waals surface area contributed by atoms with Crippen molar-refractivity contribution < 1.29 is 24.9 Å². The van der Waals surface area contributed by atoms with E-state index in [9.17, 15) is 20.1 Å². The van der Waals surface area contributed by atoms with Gasteiger partial charge in [-0.25, -0.2) is 0 Å². The molecule has 4 fully saturated rings. The number of aliphatic hydroxyl groups excluding tert-OH is 2. The van der Waals surface area contributed by atoms with Crippen molar-refractivity contribution in [2.45, 2.75) is 103 Å². The average molecular weight is 459 g/mol. The number of carbonyl (C=O) groups is 1. The monoisotopic (exact) mass is 458 g/mol. The first-order valence-corrected chi connectivity index (χ1v) is 13.2. The van der Waals surface area contributed by atoms with E-state index >= 15 is 0 Å². The summed E-state index contributed by atoms with van der Waals surface area (Å²) in [7, 11) is 0. The van der Waals surface area contributed by atoms with Crippen LogP contribution in [0.4, 0.5) is 0 Å². The van der Waals surface area contributed by atoms with Crippen LogP contribution in [0.2, 0.25) is 0 Å². The minimum absolute atomic E-state index is 0.0500. The van der Waals surface area contributed by atoms with Crippen LogP contribution in [0.15, 0.2) is 23.3 Å². The lowest BCUT2D eigenvalue weighted by molar-refractivity contribution is -0.151. The zero-order chi connectivity index (χ0) is 23.9. The maximum Gasteiger partial charge on any atom is 0.314 e. The number of allylic oxidation sites excluding steroid dienone is 2. The van der Waals surface area contributed by atoms with Gasteiger partial charge in [-0.1, -0.05) is 52.3 Å². The third-order valence-corrected chi connectivity index (χ3v) is 10.8. The Balaban J connectivity index is 1.54. The molecule has 5 rings (SSSR count). The standard InChI is InChI=1S/C28H42O5/c1-15(2)16(3)6-7-17(4)19-8-9-21-22-20(11-13-27(19,21)25(31)32)26(5)12-10-18(29)14-28(26)24(33-28)23(22)30/h6-7,15-20,23-24,29-30H,8-14H2,1-5H3,(H,31,32)/b7-6+/t16-,17+,18-,19+,20?,23+,24-,26+,27-,28-/m0/s1. The van der Waals surface area contributed by atoms with Crippen molar-refractivity contribution in [3.63, 3.8) is 0 Å². The maximum absolute atomic E-state index is 13.0. The first kappa shape index (κ1) is 23.6. The summed E-state index contributed by atoms with van der Waals surface area (Å²) in [5, 5.41) is 32.5. The average Bonchev–Trinajstić information content (AvgIpc) is 3.35. The smallest absolute Gasteiger partial charge is 0.314 e. The van der Waals surface area contributed by atoms with Gasteiger partial charge in [0.05, 0.1) is 11.5 Å². The molecule has 1 saturated heterocycles. The summed E-state index contributed by atoms with van der Waals surface area (Å²) in [6.07, 6.45) is 8.34. The Morgan fingerprint density at radius 3 is 2.48 bits per heavy atom. The molecule has 0 aromatic heterocycles. The van der Waals surface area contributed by atoms with E-state index in [0.717, 1.165) is 43.3 Å². The molecule has 0 radical (unpaired) electrons. The lowest BCUT2D eigenvalue weighted by Crippen LogP contribution is -2.58. The van der Waals surface area contributed by atoms with Crippen molar-refractivity contribution in [1.82, 2.24) is 0 Å². The second kappa shape index (κ2) is 7.66. The van der Waals surface area contributed by atoms with Crippen molar-refractivity contribution in [2.75, 3.05) is 0 Å². The SMILES string of the molecule is CC(C)[C@@H](C)/C=C/[C@@H](C)[C@H]1CCC2=C3C(CC[C@@]21C(=O)O)[C@@]1(C)CC[C@H](O)C[C@@]12O[C@H]2[C@@H]3O. The van der Waals surface area contributed by atoms with E-state index in [4.69, 9.17) is 4.74 Å². The van der Waals surface area contributed by atoms with Gasteiger partial charge in [0.2, 0.25) is 0 Å². The van der Waals surface area contributed by atoms with Crippen LogP contribution >= 0.6 is 0 Å². The number of aliphatic carboxylic acids is 1. The third kappa shape index (κ3) is 3.04. The number of hydrogen-bond donors (Lipinski definition) is 3. The van der Waals surface area contributed by atoms with Gasteiger partial charge in [-0.05, 0) is 73.7 Å². The second-order valence-electron chi connectivity index (χ2n) is 12.5. The van der Waals surface area contributed by atoms with E-state index in [1.165, 1.54) is 0 Å². The van der Waals surface area contributed by atoms with Crippen LogP contribution in [-0.4, -0.2) is 45.2 Å². The molecule has 3 saturated carbocycles. The Kier molecular flexibility index (Phi) is 5.47. The molecule has 0 bridgehead atoms. The second-order valence-corrected chi connectivity index (χ2v) is 12.5. The molecule has 10 atom stereocenters. The van der Waals surface area contributed by atoms with Crippen LogP contribution in [0.3, 0.4) is 0 Å². The number of epoxide rings is 1. The zero-order valence-corrected chi connectivity index (χ0v) is 20.9. The number of ether oxygens (including phenoxy) is 1. The Hall–Kier alpha value is -1.17. The van der Waals surface area contributed by atoms with E-state index < -0.39 is 23.1 Å². The van der Waals surface area contributed by atoms with Gasteiger partial charge in [-0.15, -0.1) is 0 Å². The van der Waals surface area contributed by atoms with E-state index in [2.05, 4.69) is 46.8 Å². The minimum atomic E-state index is -0.878. The highest BCUT2D eigenvalue weighted by Crippen LogP contribution is 2.72. The van der Waals surface area contributed by atoms with Crippen LogP contribution in [0.5, 0.6) is 0 Å². The van der Waals surface area contributed by atoms with Crippen molar-refractivity contribution in [3.8, 4) is 0 Å². The predicted molar refractivity (Wildman–Crippen MR) is 126 cm³/mol. The maximum atomic E-state index is 13.0. The summed E-state index contributed by atoms with van der Waals surface area (Å²) < 4.78 is 6.25. The molecule has 5 heteroatoms. The molecule has 4 aliphatic carbocycles. The van der Waals surface area contributed by atoms with E-state index in [1.807, 2.05) is 0 Å². The Labute approximate surface area is 198 Å².